The summed E-state index contributed by atoms with van der Waals surface area (Å²) in [7, 11) is 3.42. The molecule has 0 radical (unpaired) electrons. The zero-order chi connectivity index (χ0) is 36.5. The van der Waals surface area contributed by atoms with Gasteiger partial charge in [0.05, 0.1) is 42.8 Å². The minimum Gasteiger partial charge on any atom is -0.495 e. The van der Waals surface area contributed by atoms with Crippen LogP contribution in [0.3, 0.4) is 0 Å². The van der Waals surface area contributed by atoms with E-state index in [4.69, 9.17) is 9.47 Å². The van der Waals surface area contributed by atoms with Gasteiger partial charge in [0, 0.05) is 30.3 Å². The monoisotopic (exact) mass is 784 g/mol. The molecule has 0 saturated heterocycles. The van der Waals surface area contributed by atoms with Gasteiger partial charge >= 0.3 is 0 Å². The Bertz CT molecular complexity index is 2450. The third-order valence-electron chi connectivity index (χ3n) is 11.6. The van der Waals surface area contributed by atoms with Crippen LogP contribution in [-0.2, 0) is 10.8 Å². The van der Waals surface area contributed by atoms with Gasteiger partial charge in [-0.05, 0) is 84.4 Å². The average molecular weight is 785 g/mol. The van der Waals surface area contributed by atoms with Gasteiger partial charge in [-0.2, -0.15) is 21.0 Å². The smallest absolute Gasteiger partial charge is 0.137 e. The summed E-state index contributed by atoms with van der Waals surface area (Å²) in [6.45, 7) is 0. The second-order valence-electron chi connectivity index (χ2n) is 14.2. The highest BCUT2D eigenvalue weighted by atomic mass is 32.1. The summed E-state index contributed by atoms with van der Waals surface area (Å²) in [4.78, 5) is 6.66. The highest BCUT2D eigenvalue weighted by molar-refractivity contribution is 7.39. The maximum absolute atomic E-state index is 9.44. The first-order valence-electron chi connectivity index (χ1n) is 17.8. The van der Waals surface area contributed by atoms with Gasteiger partial charge in [0.25, 0.3) is 0 Å². The molecule has 0 aromatic carbocycles. The summed E-state index contributed by atoms with van der Waals surface area (Å²) >= 11 is 9.14. The molecular formula is C42H32N4O2S5. The van der Waals surface area contributed by atoms with E-state index >= 15 is 0 Å². The lowest BCUT2D eigenvalue weighted by molar-refractivity contribution is 0.373. The Morgan fingerprint density at radius 3 is 1.32 bits per heavy atom. The maximum atomic E-state index is 9.44. The van der Waals surface area contributed by atoms with Crippen LogP contribution in [0, 0.1) is 45.3 Å². The fraction of sp³-hybridized carbons (Fsp3) is 0.333. The van der Waals surface area contributed by atoms with Crippen molar-refractivity contribution in [3.63, 3.8) is 0 Å². The van der Waals surface area contributed by atoms with Crippen LogP contribution in [0.15, 0.2) is 23.3 Å². The number of hydrogen-bond donors (Lipinski definition) is 0. The van der Waals surface area contributed by atoms with Crippen molar-refractivity contribution in [1.29, 1.82) is 21.0 Å². The Labute approximate surface area is 328 Å². The number of thiophene rings is 5. The van der Waals surface area contributed by atoms with Gasteiger partial charge in [0.1, 0.15) is 46.9 Å². The first-order chi connectivity index (χ1) is 25.9. The van der Waals surface area contributed by atoms with Crippen molar-refractivity contribution in [2.75, 3.05) is 14.2 Å². The number of fused-ring (bicyclic) bond motifs is 9. The molecule has 2 saturated carbocycles. The molecule has 2 fully saturated rings. The lowest BCUT2D eigenvalue weighted by atomic mass is 9.67. The van der Waals surface area contributed by atoms with E-state index in [1.165, 1.54) is 89.4 Å². The van der Waals surface area contributed by atoms with Crippen molar-refractivity contribution in [2.24, 2.45) is 0 Å². The first kappa shape index (κ1) is 34.3. The van der Waals surface area contributed by atoms with E-state index in [0.29, 0.717) is 0 Å². The highest BCUT2D eigenvalue weighted by Crippen LogP contribution is 2.66. The van der Waals surface area contributed by atoms with Crippen LogP contribution < -0.4 is 9.47 Å². The minimum atomic E-state index is -0.0969. The molecule has 2 spiro atoms. The molecule has 6 nitrogen and oxygen atoms in total. The van der Waals surface area contributed by atoms with Crippen LogP contribution in [0.5, 0.6) is 11.5 Å². The fourth-order valence-corrected chi connectivity index (χ4v) is 16.5. The largest absolute Gasteiger partial charge is 0.495 e. The Kier molecular flexibility index (Phi) is 8.50. The zero-order valence-electron chi connectivity index (χ0n) is 29.2. The number of methoxy groups -OCH3 is 2. The van der Waals surface area contributed by atoms with Crippen LogP contribution in [0.1, 0.15) is 105 Å². The number of nitrogens with zero attached hydrogens (tertiary/aromatic N) is 4. The maximum Gasteiger partial charge on any atom is 0.137 e. The molecule has 262 valence electrons. The molecule has 53 heavy (non-hydrogen) atoms. The molecule has 0 unspecified atom stereocenters. The molecular weight excluding hydrogens is 753 g/mol. The van der Waals surface area contributed by atoms with E-state index < -0.39 is 0 Å². The van der Waals surface area contributed by atoms with Gasteiger partial charge in [-0.15, -0.1) is 56.7 Å². The summed E-state index contributed by atoms with van der Waals surface area (Å²) < 4.78 is 17.7. The number of nitriles is 4. The number of ether oxygens (including phenoxy) is 2. The molecule has 0 N–H and O–H groups in total. The normalized spacial score (nSPS) is 17.7. The molecule has 4 aliphatic rings. The summed E-state index contributed by atoms with van der Waals surface area (Å²) in [5.41, 5.74) is 5.66. The Hall–Kier alpha value is -4.46. The molecule has 5 aromatic heterocycles. The van der Waals surface area contributed by atoms with Crippen molar-refractivity contribution in [3.8, 4) is 35.8 Å². The van der Waals surface area contributed by atoms with E-state index in [-0.39, 0.29) is 22.0 Å². The average Bonchev–Trinajstić information content (AvgIpc) is 4.04. The van der Waals surface area contributed by atoms with Crippen LogP contribution in [0.2, 0.25) is 0 Å². The SMILES string of the molecule is COc1cc(C=C(C#N)C#N)sc1C1=Cc2sc3c(sc4c5c(sc43)C=C(c3sc(C=C(C#N)C#N)cc3OC)C53CCCCC3)c2C12CCCCC2. The molecule has 9 rings (SSSR count). The number of hydrogen-bond acceptors (Lipinski definition) is 11. The van der Waals surface area contributed by atoms with Gasteiger partial charge in [0.2, 0.25) is 0 Å². The van der Waals surface area contributed by atoms with Crippen molar-refractivity contribution < 1.29 is 9.47 Å². The quantitative estimate of drug-likeness (QED) is 0.158. The molecule has 5 heterocycles. The second kappa shape index (κ2) is 13.1. The van der Waals surface area contributed by atoms with Crippen molar-refractivity contribution in [3.05, 3.63) is 63.7 Å². The summed E-state index contributed by atoms with van der Waals surface area (Å²) in [6.07, 6.45) is 19.8. The van der Waals surface area contributed by atoms with E-state index in [1.54, 1.807) is 49.0 Å². The van der Waals surface area contributed by atoms with Gasteiger partial charge in [0.15, 0.2) is 0 Å². The molecule has 0 aliphatic heterocycles. The summed E-state index contributed by atoms with van der Waals surface area (Å²) in [5, 5.41) is 37.8. The predicted octanol–water partition coefficient (Wildman–Crippen LogP) is 12.7. The molecule has 11 heteroatoms. The van der Waals surface area contributed by atoms with Crippen molar-refractivity contribution in [2.45, 2.75) is 75.0 Å². The molecule has 4 aliphatic carbocycles. The topological polar surface area (TPSA) is 114 Å². The molecule has 0 bridgehead atoms. The second-order valence-corrected chi connectivity index (χ2v) is 19.5. The fourth-order valence-electron chi connectivity index (χ4n) is 9.36. The van der Waals surface area contributed by atoms with Crippen LogP contribution in [-0.4, -0.2) is 14.2 Å². The molecule has 0 atom stereocenters. The van der Waals surface area contributed by atoms with Crippen molar-refractivity contribution in [1.82, 2.24) is 0 Å². The van der Waals surface area contributed by atoms with E-state index in [9.17, 15) is 21.0 Å². The van der Waals surface area contributed by atoms with Crippen LogP contribution >= 0.6 is 56.7 Å². The standard InChI is InChI=1S/C42H32N4O2S5/c1-47-29-15-25(13-23(19-43)20-44)49-35(29)27-17-31-33(41(27)9-5-3-6-10-41)37-39(51-31)40-38(53-37)34-32(52-40)18-28(42(34)11-7-4-8-12-42)36-30(48-2)16-26(50-36)14-24(21-45)22-46/h13-18H,3-12H2,1-2H3. The van der Waals surface area contributed by atoms with Gasteiger partial charge in [-0.1, -0.05) is 38.5 Å². The summed E-state index contributed by atoms with van der Waals surface area (Å²) in [5.74, 6) is 1.61. The number of rotatable bonds is 6. The van der Waals surface area contributed by atoms with E-state index in [1.807, 2.05) is 70.4 Å². The minimum absolute atomic E-state index is 0.0931. The molecule has 0 amide bonds. The van der Waals surface area contributed by atoms with Gasteiger partial charge < -0.3 is 9.47 Å². The zero-order valence-corrected chi connectivity index (χ0v) is 33.3. The van der Waals surface area contributed by atoms with Crippen LogP contribution in [0.4, 0.5) is 0 Å². The molecule has 5 aromatic rings. The predicted molar refractivity (Wildman–Crippen MR) is 221 cm³/mol. The Balaban J connectivity index is 1.20. The lowest BCUT2D eigenvalue weighted by Crippen LogP contribution is -2.28. The Morgan fingerprint density at radius 2 is 0.962 bits per heavy atom. The van der Waals surface area contributed by atoms with Crippen LogP contribution in [0.25, 0.3) is 54.2 Å². The lowest BCUT2D eigenvalue weighted by Gasteiger charge is -2.37. The van der Waals surface area contributed by atoms with E-state index in [2.05, 4.69) is 12.2 Å². The first-order valence-corrected chi connectivity index (χ1v) is 21.9. The Morgan fingerprint density at radius 1 is 0.566 bits per heavy atom. The van der Waals surface area contributed by atoms with Gasteiger partial charge in [-0.3, -0.25) is 0 Å². The van der Waals surface area contributed by atoms with E-state index in [0.717, 1.165) is 56.7 Å². The third kappa shape index (κ3) is 5.06. The summed E-state index contributed by atoms with van der Waals surface area (Å²) in [6, 6.07) is 12.0. The number of allylic oxidation sites excluding steroid dienone is 4. The van der Waals surface area contributed by atoms with Gasteiger partial charge in [-0.25, -0.2) is 0 Å². The highest BCUT2D eigenvalue weighted by Gasteiger charge is 2.50. The van der Waals surface area contributed by atoms with Crippen molar-refractivity contribution >= 4 is 111 Å². The third-order valence-corrected chi connectivity index (χ3v) is 17.7.